The number of hydrogen-bond acceptors (Lipinski definition) is 12. The molecule has 3 rings (SSSR count). The molecule has 2 fully saturated rings. The number of allylic oxidation sites excluding steroid dienone is 4. The quantitative estimate of drug-likeness (QED) is 0.222. The summed E-state index contributed by atoms with van der Waals surface area (Å²) in [4.78, 5) is 0. The first-order valence-electron chi connectivity index (χ1n) is 10.4. The van der Waals surface area contributed by atoms with Gasteiger partial charge in [0, 0.05) is 26.3 Å². The largest absolute Gasteiger partial charge is 0.466 e. The van der Waals surface area contributed by atoms with Crippen LogP contribution in [0.3, 0.4) is 0 Å². The summed E-state index contributed by atoms with van der Waals surface area (Å²) in [5.74, 6) is 0.511. The predicted octanol–water partition coefficient (Wildman–Crippen LogP) is -2.54. The summed E-state index contributed by atoms with van der Waals surface area (Å²) >= 11 is 0. The maximum absolute atomic E-state index is 10.7. The summed E-state index contributed by atoms with van der Waals surface area (Å²) in [7, 11) is 2.75. The van der Waals surface area contributed by atoms with Crippen molar-refractivity contribution < 1.29 is 54.0 Å². The van der Waals surface area contributed by atoms with E-state index in [2.05, 4.69) is 0 Å². The van der Waals surface area contributed by atoms with E-state index in [1.165, 1.54) is 14.2 Å². The summed E-state index contributed by atoms with van der Waals surface area (Å²) < 4.78 is 33.2. The lowest BCUT2D eigenvalue weighted by molar-refractivity contribution is -0.359. The molecule has 7 N–H and O–H groups in total. The number of ether oxygens (including phenoxy) is 6. The van der Waals surface area contributed by atoms with Gasteiger partial charge in [-0.15, -0.1) is 0 Å². The molecule has 2 heterocycles. The minimum absolute atomic E-state index is 0.440. The molecule has 1 aliphatic carbocycles. The van der Waals surface area contributed by atoms with Gasteiger partial charge in [-0.25, -0.2) is 0 Å². The van der Waals surface area contributed by atoms with Crippen molar-refractivity contribution in [1.82, 2.24) is 0 Å². The second-order valence-corrected chi connectivity index (χ2v) is 7.92. The van der Waals surface area contributed by atoms with Gasteiger partial charge < -0.3 is 59.7 Å². The van der Waals surface area contributed by atoms with Crippen molar-refractivity contribution in [3.05, 3.63) is 23.6 Å². The molecule has 32 heavy (non-hydrogen) atoms. The highest BCUT2D eigenvalue weighted by atomic mass is 16.7. The average molecular weight is 463 g/mol. The molecule has 0 radical (unpaired) electrons. The molecule has 0 saturated carbocycles. The van der Waals surface area contributed by atoms with Crippen molar-refractivity contribution in [2.75, 3.05) is 27.4 Å². The van der Waals surface area contributed by atoms with E-state index < -0.39 is 74.6 Å². The van der Waals surface area contributed by atoms with Crippen LogP contribution in [0, 0.1) is 0 Å². The lowest BCUT2D eigenvalue weighted by Crippen LogP contribution is -2.65. The van der Waals surface area contributed by atoms with E-state index in [1.54, 1.807) is 12.2 Å². The molecule has 12 heteroatoms. The van der Waals surface area contributed by atoms with Gasteiger partial charge in [0.05, 0.1) is 13.2 Å². The first-order valence-corrected chi connectivity index (χ1v) is 10.4. The van der Waals surface area contributed by atoms with Crippen molar-refractivity contribution in [2.45, 2.75) is 74.3 Å². The van der Waals surface area contributed by atoms with E-state index in [9.17, 15) is 25.5 Å². The summed E-state index contributed by atoms with van der Waals surface area (Å²) in [5, 5.41) is 51.3. The summed E-state index contributed by atoms with van der Waals surface area (Å²) in [5.41, 5.74) is 6.42. The Morgan fingerprint density at radius 3 is 2.03 bits per heavy atom. The number of rotatable bonds is 8. The van der Waals surface area contributed by atoms with Crippen molar-refractivity contribution in [3.8, 4) is 0 Å². The highest BCUT2D eigenvalue weighted by Crippen LogP contribution is 2.32. The number of nitrogens with two attached hydrogens (primary N) is 1. The lowest BCUT2D eigenvalue weighted by Gasteiger charge is -2.47. The molecular weight excluding hydrogens is 430 g/mol. The topological polar surface area (TPSA) is 183 Å². The van der Waals surface area contributed by atoms with Gasteiger partial charge in [0.1, 0.15) is 54.6 Å². The van der Waals surface area contributed by atoms with Gasteiger partial charge in [-0.2, -0.15) is 0 Å². The normalized spacial score (nSPS) is 42.8. The van der Waals surface area contributed by atoms with Crippen molar-refractivity contribution in [3.63, 3.8) is 0 Å². The number of methoxy groups -OCH3 is 2. The number of aliphatic hydroxyl groups excluding tert-OH is 5. The third kappa shape index (κ3) is 5.25. The first kappa shape index (κ1) is 25.3. The van der Waals surface area contributed by atoms with Crippen LogP contribution in [0.1, 0.15) is 12.8 Å². The van der Waals surface area contributed by atoms with Crippen LogP contribution in [0.2, 0.25) is 0 Å². The molecule has 10 atom stereocenters. The van der Waals surface area contributed by atoms with Crippen molar-refractivity contribution >= 4 is 0 Å². The van der Waals surface area contributed by atoms with Crippen LogP contribution in [0.15, 0.2) is 23.6 Å². The van der Waals surface area contributed by atoms with Crippen LogP contribution in [0.5, 0.6) is 0 Å². The Hall–Kier alpha value is -1.32. The fraction of sp³-hybridized carbons (Fsp3) is 0.800. The lowest BCUT2D eigenvalue weighted by atomic mass is 9.96. The Kier molecular flexibility index (Phi) is 8.86. The van der Waals surface area contributed by atoms with Gasteiger partial charge in [0.2, 0.25) is 6.29 Å². The van der Waals surface area contributed by atoms with Crippen LogP contribution in [-0.2, 0) is 28.4 Å². The van der Waals surface area contributed by atoms with Crippen molar-refractivity contribution in [2.24, 2.45) is 5.73 Å². The fourth-order valence-electron chi connectivity index (χ4n) is 4.06. The minimum Gasteiger partial charge on any atom is -0.466 e. The molecule has 184 valence electrons. The van der Waals surface area contributed by atoms with E-state index >= 15 is 0 Å². The Morgan fingerprint density at radius 2 is 1.47 bits per heavy atom. The Balaban J connectivity index is 1.71. The highest BCUT2D eigenvalue weighted by molar-refractivity contribution is 5.19. The van der Waals surface area contributed by atoms with E-state index in [1.807, 2.05) is 0 Å². The van der Waals surface area contributed by atoms with Crippen LogP contribution in [0.25, 0.3) is 0 Å². The number of aliphatic hydroxyl groups is 5. The molecule has 2 aliphatic heterocycles. The van der Waals surface area contributed by atoms with E-state index in [4.69, 9.17) is 34.2 Å². The van der Waals surface area contributed by atoms with E-state index in [0.29, 0.717) is 24.3 Å². The molecule has 3 aliphatic rings. The predicted molar refractivity (Wildman–Crippen MR) is 107 cm³/mol. The molecule has 2 saturated heterocycles. The first-order chi connectivity index (χ1) is 15.3. The molecule has 0 amide bonds. The minimum atomic E-state index is -1.54. The number of hydrogen-bond donors (Lipinski definition) is 6. The van der Waals surface area contributed by atoms with Crippen LogP contribution in [-0.4, -0.2) is 114 Å². The summed E-state index contributed by atoms with van der Waals surface area (Å²) in [6.07, 6.45) is -7.55. The molecule has 1 unspecified atom stereocenters. The SMILES string of the molecule is COC1[C@@H](O)[C@H](O[C@H]2[C@H](O)[C@@H](O)[C@H](OC3=CC=C(N)CC3)O[C@@H]2CO)O[C@H](CO)[C@@H]1OC. The zero-order valence-electron chi connectivity index (χ0n) is 18.0. The zero-order chi connectivity index (χ0) is 23.4. The second-order valence-electron chi connectivity index (χ2n) is 7.92. The monoisotopic (exact) mass is 463 g/mol. The summed E-state index contributed by atoms with van der Waals surface area (Å²) in [6, 6.07) is 0. The molecule has 0 aromatic rings. The van der Waals surface area contributed by atoms with E-state index in [0.717, 1.165) is 0 Å². The van der Waals surface area contributed by atoms with E-state index in [-0.39, 0.29) is 0 Å². The highest BCUT2D eigenvalue weighted by Gasteiger charge is 2.52. The Bertz CT molecular complexity index is 672. The van der Waals surface area contributed by atoms with Crippen LogP contribution < -0.4 is 5.73 Å². The van der Waals surface area contributed by atoms with Gasteiger partial charge in [0.25, 0.3) is 0 Å². The molecular formula is C20H33NO11. The van der Waals surface area contributed by atoms with Crippen LogP contribution in [0.4, 0.5) is 0 Å². The van der Waals surface area contributed by atoms with Crippen LogP contribution >= 0.6 is 0 Å². The Morgan fingerprint density at radius 1 is 0.844 bits per heavy atom. The fourth-order valence-corrected chi connectivity index (χ4v) is 4.06. The standard InChI is InChI=1S/C20H33NO11/c1-27-17-12(8-23)31-20(15(26)18(17)28-2)32-16-11(7-22)30-19(14(25)13(16)24)29-10-5-3-9(21)4-6-10/h3,5,11-20,22-26H,4,6-8,21H2,1-2H3/t11-,12-,13-,14-,15-,16-,17+,18?,19-,20+/m1/s1. The molecule has 0 aromatic carbocycles. The Labute approximate surface area is 185 Å². The van der Waals surface area contributed by atoms with Gasteiger partial charge in [-0.05, 0) is 18.6 Å². The third-order valence-electron chi connectivity index (χ3n) is 5.86. The van der Waals surface area contributed by atoms with Gasteiger partial charge in [0.15, 0.2) is 6.29 Å². The molecule has 12 nitrogen and oxygen atoms in total. The maximum atomic E-state index is 10.7. The maximum Gasteiger partial charge on any atom is 0.228 e. The van der Waals surface area contributed by atoms with Gasteiger partial charge in [-0.1, -0.05) is 0 Å². The molecule has 0 aromatic heterocycles. The molecule has 0 spiro atoms. The summed E-state index contributed by atoms with van der Waals surface area (Å²) in [6.45, 7) is -1.01. The van der Waals surface area contributed by atoms with Gasteiger partial charge >= 0.3 is 0 Å². The average Bonchev–Trinajstić information content (AvgIpc) is 2.80. The molecule has 0 bridgehead atoms. The third-order valence-corrected chi connectivity index (χ3v) is 5.86. The smallest absolute Gasteiger partial charge is 0.228 e. The van der Waals surface area contributed by atoms with Crippen molar-refractivity contribution in [1.29, 1.82) is 0 Å². The second kappa shape index (κ2) is 11.2. The zero-order valence-corrected chi connectivity index (χ0v) is 18.0. The van der Waals surface area contributed by atoms with Gasteiger partial charge in [-0.3, -0.25) is 0 Å².